The van der Waals surface area contributed by atoms with Crippen molar-refractivity contribution in [1.29, 1.82) is 0 Å². The largest absolute Gasteiger partial charge is 0.370 e. The molecule has 0 radical (unpaired) electrons. The predicted molar refractivity (Wildman–Crippen MR) is 73.6 cm³/mol. The van der Waals surface area contributed by atoms with E-state index in [1.165, 1.54) is 0 Å². The second kappa shape index (κ2) is 8.87. The standard InChI is InChI=1S/C12H22ClN3O3/c1-8(2)6-9(15-3)12(19)16(11(18)7-13)5-4-10(14)17/h8-9,15H,4-7H2,1-3H3,(H2,14,17)/t9-/m0/s1. The molecule has 110 valence electrons. The number of carbonyl (C=O) groups is 3. The molecule has 3 amide bonds. The minimum Gasteiger partial charge on any atom is -0.370 e. The molecule has 19 heavy (non-hydrogen) atoms. The molecule has 0 aromatic carbocycles. The van der Waals surface area contributed by atoms with Crippen LogP contribution in [-0.2, 0) is 14.4 Å². The highest BCUT2D eigenvalue weighted by Crippen LogP contribution is 2.09. The maximum atomic E-state index is 12.3. The van der Waals surface area contributed by atoms with Crippen LogP contribution in [0.15, 0.2) is 0 Å². The lowest BCUT2D eigenvalue weighted by atomic mass is 10.0. The topological polar surface area (TPSA) is 92.5 Å². The third-order valence-electron chi connectivity index (χ3n) is 2.62. The minimum absolute atomic E-state index is 0.0318. The molecule has 0 unspecified atom stereocenters. The van der Waals surface area contributed by atoms with Gasteiger partial charge in [0.2, 0.25) is 17.7 Å². The van der Waals surface area contributed by atoms with Gasteiger partial charge < -0.3 is 11.1 Å². The molecule has 0 aromatic heterocycles. The second-order valence-corrected chi connectivity index (χ2v) is 4.97. The molecule has 7 heteroatoms. The van der Waals surface area contributed by atoms with Crippen LogP contribution in [0.1, 0.15) is 26.7 Å². The third-order valence-corrected chi connectivity index (χ3v) is 2.85. The van der Waals surface area contributed by atoms with E-state index in [1.54, 1.807) is 7.05 Å². The Balaban J connectivity index is 4.85. The predicted octanol–water partition coefficient (Wildman–Crippen LogP) is 0.0899. The maximum absolute atomic E-state index is 12.3. The van der Waals surface area contributed by atoms with Gasteiger partial charge in [-0.3, -0.25) is 19.3 Å². The summed E-state index contributed by atoms with van der Waals surface area (Å²) in [5, 5.41) is 2.88. The third kappa shape index (κ3) is 6.54. The lowest BCUT2D eigenvalue weighted by Gasteiger charge is -2.25. The number of hydrogen-bond acceptors (Lipinski definition) is 4. The summed E-state index contributed by atoms with van der Waals surface area (Å²) in [6.07, 6.45) is 0.532. The zero-order chi connectivity index (χ0) is 15.0. The lowest BCUT2D eigenvalue weighted by Crippen LogP contribution is -2.49. The number of likely N-dealkylation sites (N-methyl/N-ethyl adjacent to an activating group) is 1. The van der Waals surface area contributed by atoms with E-state index >= 15 is 0 Å². The molecule has 3 N–H and O–H groups in total. The van der Waals surface area contributed by atoms with Crippen LogP contribution in [0.2, 0.25) is 0 Å². The summed E-state index contributed by atoms with van der Waals surface area (Å²) >= 11 is 5.48. The first kappa shape index (κ1) is 17.9. The Kier molecular flexibility index (Phi) is 8.34. The Bertz CT molecular complexity index is 334. The van der Waals surface area contributed by atoms with Crippen LogP contribution in [0, 0.1) is 5.92 Å². The molecule has 0 spiro atoms. The number of carbonyl (C=O) groups excluding carboxylic acids is 3. The Hall–Kier alpha value is -1.14. The van der Waals surface area contributed by atoms with E-state index in [4.69, 9.17) is 17.3 Å². The van der Waals surface area contributed by atoms with Crippen LogP contribution in [0.4, 0.5) is 0 Å². The number of amides is 3. The smallest absolute Gasteiger partial charge is 0.246 e. The SMILES string of the molecule is CN[C@@H](CC(C)C)C(=O)N(CCC(N)=O)C(=O)CCl. The first-order chi connectivity index (χ1) is 8.83. The minimum atomic E-state index is -0.565. The van der Waals surface area contributed by atoms with Gasteiger partial charge in [0.25, 0.3) is 0 Å². The van der Waals surface area contributed by atoms with Crippen LogP contribution in [0.25, 0.3) is 0 Å². The van der Waals surface area contributed by atoms with E-state index in [0.29, 0.717) is 12.3 Å². The second-order valence-electron chi connectivity index (χ2n) is 4.70. The number of halogens is 1. The fourth-order valence-corrected chi connectivity index (χ4v) is 1.80. The van der Waals surface area contributed by atoms with Gasteiger partial charge in [-0.2, -0.15) is 0 Å². The summed E-state index contributed by atoms with van der Waals surface area (Å²) < 4.78 is 0. The fourth-order valence-electron chi connectivity index (χ4n) is 1.65. The summed E-state index contributed by atoms with van der Waals surface area (Å²) in [7, 11) is 1.66. The molecule has 0 aliphatic rings. The fraction of sp³-hybridized carbons (Fsp3) is 0.750. The van der Waals surface area contributed by atoms with Gasteiger partial charge in [0.05, 0.1) is 6.04 Å². The first-order valence-electron chi connectivity index (χ1n) is 6.19. The highest BCUT2D eigenvalue weighted by Gasteiger charge is 2.27. The average molecular weight is 292 g/mol. The molecule has 0 bridgehead atoms. The molecule has 0 fully saturated rings. The van der Waals surface area contributed by atoms with Gasteiger partial charge in [-0.1, -0.05) is 13.8 Å². The van der Waals surface area contributed by atoms with Gasteiger partial charge in [-0.15, -0.1) is 11.6 Å². The molecule has 0 rings (SSSR count). The summed E-state index contributed by atoms with van der Waals surface area (Å²) in [6, 6.07) is -0.472. The van der Waals surface area contributed by atoms with Crippen LogP contribution in [0.3, 0.4) is 0 Å². The van der Waals surface area contributed by atoms with Crippen molar-refractivity contribution in [2.24, 2.45) is 11.7 Å². The average Bonchev–Trinajstić information content (AvgIpc) is 2.34. The number of nitrogens with two attached hydrogens (primary N) is 1. The van der Waals surface area contributed by atoms with Crippen LogP contribution in [0.5, 0.6) is 0 Å². The van der Waals surface area contributed by atoms with Crippen LogP contribution >= 0.6 is 11.6 Å². The first-order valence-corrected chi connectivity index (χ1v) is 6.72. The van der Waals surface area contributed by atoms with E-state index in [1.807, 2.05) is 13.8 Å². The summed E-state index contributed by atoms with van der Waals surface area (Å²) in [5.74, 6) is -1.46. The van der Waals surface area contributed by atoms with E-state index in [9.17, 15) is 14.4 Å². The zero-order valence-corrected chi connectivity index (χ0v) is 12.4. The molecule has 6 nitrogen and oxygen atoms in total. The van der Waals surface area contributed by atoms with Gasteiger partial charge >= 0.3 is 0 Å². The number of rotatable bonds is 8. The Morgan fingerprint density at radius 3 is 2.26 bits per heavy atom. The van der Waals surface area contributed by atoms with Gasteiger partial charge in [0.15, 0.2) is 0 Å². The van der Waals surface area contributed by atoms with Crippen LogP contribution < -0.4 is 11.1 Å². The normalized spacial score (nSPS) is 12.3. The Labute approximate surface area is 118 Å². The molecule has 0 aliphatic carbocycles. The summed E-state index contributed by atoms with van der Waals surface area (Å²) in [6.45, 7) is 3.93. The number of primary amides is 1. The van der Waals surface area contributed by atoms with Crippen molar-refractivity contribution in [3.8, 4) is 0 Å². The number of hydrogen-bond donors (Lipinski definition) is 2. The van der Waals surface area contributed by atoms with Crippen LogP contribution in [-0.4, -0.2) is 48.1 Å². The molecule has 0 aromatic rings. The van der Waals surface area contributed by atoms with E-state index in [0.717, 1.165) is 4.90 Å². The van der Waals surface area contributed by atoms with Crippen molar-refractivity contribution < 1.29 is 14.4 Å². The van der Waals surface area contributed by atoms with Crippen molar-refractivity contribution in [3.05, 3.63) is 0 Å². The van der Waals surface area contributed by atoms with Crippen molar-refractivity contribution >= 4 is 29.3 Å². The molecule has 0 heterocycles. The molecule has 0 saturated carbocycles. The number of nitrogens with one attached hydrogen (secondary N) is 1. The van der Waals surface area contributed by atoms with Gasteiger partial charge in [0.1, 0.15) is 5.88 Å². The van der Waals surface area contributed by atoms with E-state index in [2.05, 4.69) is 5.32 Å². The highest BCUT2D eigenvalue weighted by atomic mass is 35.5. The molecular weight excluding hydrogens is 270 g/mol. The number of alkyl halides is 1. The Morgan fingerprint density at radius 2 is 1.89 bits per heavy atom. The molecule has 0 saturated heterocycles. The zero-order valence-electron chi connectivity index (χ0n) is 11.6. The molecule has 1 atom stereocenters. The Morgan fingerprint density at radius 1 is 1.32 bits per heavy atom. The van der Waals surface area contributed by atoms with E-state index in [-0.39, 0.29) is 24.8 Å². The number of nitrogens with zero attached hydrogens (tertiary/aromatic N) is 1. The van der Waals surface area contributed by atoms with Crippen molar-refractivity contribution in [1.82, 2.24) is 10.2 Å². The molecule has 0 aliphatic heterocycles. The summed E-state index contributed by atoms with van der Waals surface area (Å²) in [4.78, 5) is 35.7. The molecular formula is C12H22ClN3O3. The monoisotopic (exact) mass is 291 g/mol. The van der Waals surface area contributed by atoms with Gasteiger partial charge in [-0.25, -0.2) is 0 Å². The van der Waals surface area contributed by atoms with Crippen molar-refractivity contribution in [3.63, 3.8) is 0 Å². The highest BCUT2D eigenvalue weighted by molar-refractivity contribution is 6.28. The van der Waals surface area contributed by atoms with Gasteiger partial charge in [-0.05, 0) is 19.4 Å². The van der Waals surface area contributed by atoms with E-state index < -0.39 is 17.9 Å². The quantitative estimate of drug-likeness (QED) is 0.620. The lowest BCUT2D eigenvalue weighted by molar-refractivity contribution is -0.145. The van der Waals surface area contributed by atoms with Crippen molar-refractivity contribution in [2.45, 2.75) is 32.7 Å². The summed E-state index contributed by atoms with van der Waals surface area (Å²) in [5.41, 5.74) is 5.04. The number of imide groups is 1. The maximum Gasteiger partial charge on any atom is 0.246 e. The van der Waals surface area contributed by atoms with Crippen molar-refractivity contribution in [2.75, 3.05) is 19.5 Å². The van der Waals surface area contributed by atoms with Gasteiger partial charge in [0, 0.05) is 13.0 Å².